The van der Waals surface area contributed by atoms with Crippen molar-refractivity contribution in [2.75, 3.05) is 7.05 Å². The fourth-order valence-corrected chi connectivity index (χ4v) is 2.58. The van der Waals surface area contributed by atoms with Gasteiger partial charge < -0.3 is 5.32 Å². The lowest BCUT2D eigenvalue weighted by Crippen LogP contribution is -2.24. The molecule has 0 heterocycles. The zero-order chi connectivity index (χ0) is 13.5. The molecule has 0 atom stereocenters. The Balaban J connectivity index is 0.00000147. The number of aryl methyl sites for hydroxylation is 1. The summed E-state index contributed by atoms with van der Waals surface area (Å²) >= 11 is 0. The summed E-state index contributed by atoms with van der Waals surface area (Å²) in [5.74, 6) is -0.141. The first-order valence-corrected chi connectivity index (χ1v) is 6.71. The highest BCUT2D eigenvalue weighted by Crippen LogP contribution is 2.45. The van der Waals surface area contributed by atoms with Gasteiger partial charge in [-0.3, -0.25) is 0 Å². The van der Waals surface area contributed by atoms with E-state index >= 15 is 0 Å². The minimum absolute atomic E-state index is 0. The van der Waals surface area contributed by atoms with Gasteiger partial charge in [0.2, 0.25) is 0 Å². The molecule has 2 aromatic rings. The lowest BCUT2D eigenvalue weighted by molar-refractivity contribution is 0.586. The van der Waals surface area contributed by atoms with Crippen LogP contribution in [-0.4, -0.2) is 7.05 Å². The summed E-state index contributed by atoms with van der Waals surface area (Å²) in [4.78, 5) is 0. The molecule has 1 fully saturated rings. The van der Waals surface area contributed by atoms with Crippen LogP contribution >= 0.6 is 12.4 Å². The molecule has 0 spiro atoms. The summed E-state index contributed by atoms with van der Waals surface area (Å²) in [6, 6.07) is 13.9. The van der Waals surface area contributed by atoms with Crippen molar-refractivity contribution in [2.24, 2.45) is 0 Å². The molecule has 1 saturated carbocycles. The van der Waals surface area contributed by atoms with Gasteiger partial charge >= 0.3 is 0 Å². The van der Waals surface area contributed by atoms with Gasteiger partial charge in [-0.2, -0.15) is 0 Å². The van der Waals surface area contributed by atoms with Crippen LogP contribution in [0.3, 0.4) is 0 Å². The van der Waals surface area contributed by atoms with Crippen molar-refractivity contribution in [3.8, 4) is 11.1 Å². The first kappa shape index (κ1) is 15.0. The molecule has 3 rings (SSSR count). The second-order valence-corrected chi connectivity index (χ2v) is 5.38. The highest BCUT2D eigenvalue weighted by atomic mass is 35.5. The van der Waals surface area contributed by atoms with E-state index in [4.69, 9.17) is 0 Å². The van der Waals surface area contributed by atoms with Crippen LogP contribution in [0.2, 0.25) is 0 Å². The summed E-state index contributed by atoms with van der Waals surface area (Å²) in [5.41, 5.74) is 4.16. The minimum atomic E-state index is -0.141. The van der Waals surface area contributed by atoms with E-state index in [0.29, 0.717) is 5.56 Å². The van der Waals surface area contributed by atoms with Gasteiger partial charge in [0.1, 0.15) is 5.82 Å². The Morgan fingerprint density at radius 1 is 1.05 bits per heavy atom. The first-order valence-electron chi connectivity index (χ1n) is 6.71. The third-order valence-corrected chi connectivity index (χ3v) is 4.15. The van der Waals surface area contributed by atoms with Gasteiger partial charge in [-0.25, -0.2) is 4.39 Å². The van der Waals surface area contributed by atoms with Gasteiger partial charge in [-0.1, -0.05) is 30.3 Å². The van der Waals surface area contributed by atoms with Gasteiger partial charge in [0.15, 0.2) is 0 Å². The van der Waals surface area contributed by atoms with Gasteiger partial charge in [0.25, 0.3) is 0 Å². The molecule has 0 aliphatic heterocycles. The summed E-state index contributed by atoms with van der Waals surface area (Å²) < 4.78 is 13.7. The Labute approximate surface area is 125 Å². The van der Waals surface area contributed by atoms with Crippen molar-refractivity contribution in [1.29, 1.82) is 0 Å². The van der Waals surface area contributed by atoms with E-state index < -0.39 is 0 Å². The molecule has 1 aliphatic carbocycles. The molecule has 106 valence electrons. The Kier molecular flexibility index (Phi) is 4.17. The van der Waals surface area contributed by atoms with Crippen molar-refractivity contribution in [3.63, 3.8) is 0 Å². The fourth-order valence-electron chi connectivity index (χ4n) is 2.58. The molecule has 2 aromatic carbocycles. The molecule has 1 aliphatic rings. The molecule has 1 nitrogen and oxygen atoms in total. The van der Waals surface area contributed by atoms with Crippen LogP contribution in [0.25, 0.3) is 11.1 Å². The molecule has 0 aromatic heterocycles. The molecule has 1 N–H and O–H groups in total. The zero-order valence-corrected chi connectivity index (χ0v) is 12.6. The Morgan fingerprint density at radius 3 is 2.35 bits per heavy atom. The van der Waals surface area contributed by atoms with Crippen molar-refractivity contribution in [3.05, 3.63) is 59.4 Å². The lowest BCUT2D eigenvalue weighted by Gasteiger charge is -2.16. The van der Waals surface area contributed by atoms with Crippen LogP contribution in [0.15, 0.2) is 42.5 Å². The number of benzene rings is 2. The summed E-state index contributed by atoms with van der Waals surface area (Å²) in [5, 5.41) is 3.39. The summed E-state index contributed by atoms with van der Waals surface area (Å²) in [6.45, 7) is 1.79. The molecule has 20 heavy (non-hydrogen) atoms. The number of nitrogens with one attached hydrogen (secondary N) is 1. The third-order valence-electron chi connectivity index (χ3n) is 4.15. The van der Waals surface area contributed by atoms with E-state index in [2.05, 4.69) is 23.5 Å². The van der Waals surface area contributed by atoms with Crippen LogP contribution in [0.4, 0.5) is 4.39 Å². The number of rotatable bonds is 3. The van der Waals surface area contributed by atoms with Crippen LogP contribution in [0, 0.1) is 12.7 Å². The molecule has 0 unspecified atom stereocenters. The molecular weight excluding hydrogens is 273 g/mol. The highest BCUT2D eigenvalue weighted by molar-refractivity contribution is 5.85. The topological polar surface area (TPSA) is 12.0 Å². The third kappa shape index (κ3) is 2.58. The predicted octanol–water partition coefficient (Wildman–Crippen LogP) is 4.43. The van der Waals surface area contributed by atoms with Gasteiger partial charge in [0, 0.05) is 5.54 Å². The standard InChI is InChI=1S/C17H18FN.ClH/c1-12-6-7-14(11-16(12)18)13-4-3-5-15(10-13)17(19-2)8-9-17;/h3-7,10-11,19H,8-9H2,1-2H3;1H. The van der Waals surface area contributed by atoms with E-state index in [0.717, 1.165) is 11.1 Å². The van der Waals surface area contributed by atoms with Crippen LogP contribution < -0.4 is 5.32 Å². The maximum atomic E-state index is 13.7. The smallest absolute Gasteiger partial charge is 0.126 e. The average Bonchev–Trinajstić information content (AvgIpc) is 3.23. The molecule has 0 amide bonds. The SMILES string of the molecule is CNC1(c2cccc(-c3ccc(C)c(F)c3)c2)CC1.Cl. The van der Waals surface area contributed by atoms with E-state index in [1.54, 1.807) is 13.0 Å². The monoisotopic (exact) mass is 291 g/mol. The van der Waals surface area contributed by atoms with Crippen molar-refractivity contribution >= 4 is 12.4 Å². The lowest BCUT2D eigenvalue weighted by atomic mass is 9.97. The van der Waals surface area contributed by atoms with Crippen molar-refractivity contribution in [1.82, 2.24) is 5.32 Å². The predicted molar refractivity (Wildman–Crippen MR) is 83.8 cm³/mol. The molecule has 3 heteroatoms. The second kappa shape index (κ2) is 5.55. The van der Waals surface area contributed by atoms with Crippen LogP contribution in [-0.2, 0) is 5.54 Å². The Morgan fingerprint density at radius 2 is 1.75 bits per heavy atom. The molecule has 0 radical (unpaired) electrons. The van der Waals surface area contributed by atoms with Crippen LogP contribution in [0.5, 0.6) is 0 Å². The van der Waals surface area contributed by atoms with Gasteiger partial charge in [0.05, 0.1) is 0 Å². The number of hydrogen-bond acceptors (Lipinski definition) is 1. The Bertz CT molecular complexity index is 620. The fraction of sp³-hybridized carbons (Fsp3) is 0.294. The quantitative estimate of drug-likeness (QED) is 0.882. The summed E-state index contributed by atoms with van der Waals surface area (Å²) in [6.07, 6.45) is 2.35. The molecule has 0 saturated heterocycles. The number of halogens is 2. The van der Waals surface area contributed by atoms with E-state index in [-0.39, 0.29) is 23.8 Å². The van der Waals surface area contributed by atoms with Crippen molar-refractivity contribution in [2.45, 2.75) is 25.3 Å². The van der Waals surface area contributed by atoms with Crippen LogP contribution in [0.1, 0.15) is 24.0 Å². The van der Waals surface area contributed by atoms with Gasteiger partial charge in [-0.15, -0.1) is 12.4 Å². The van der Waals surface area contributed by atoms with Gasteiger partial charge in [-0.05, 0) is 61.2 Å². The second-order valence-electron chi connectivity index (χ2n) is 5.38. The highest BCUT2D eigenvalue weighted by Gasteiger charge is 2.42. The Hall–Kier alpha value is -1.38. The van der Waals surface area contributed by atoms with Crippen molar-refractivity contribution < 1.29 is 4.39 Å². The maximum Gasteiger partial charge on any atom is 0.126 e. The normalized spacial score (nSPS) is 15.6. The zero-order valence-electron chi connectivity index (χ0n) is 11.7. The first-order chi connectivity index (χ1) is 9.14. The molecule has 0 bridgehead atoms. The largest absolute Gasteiger partial charge is 0.310 e. The number of hydrogen-bond donors (Lipinski definition) is 1. The minimum Gasteiger partial charge on any atom is -0.310 e. The van der Waals surface area contributed by atoms with E-state index in [9.17, 15) is 4.39 Å². The maximum absolute atomic E-state index is 13.7. The summed E-state index contributed by atoms with van der Waals surface area (Å²) in [7, 11) is 2.01. The van der Waals surface area contributed by atoms with E-state index in [1.165, 1.54) is 18.4 Å². The molecular formula is C17H19ClFN. The average molecular weight is 292 g/mol. The van der Waals surface area contributed by atoms with E-state index in [1.807, 2.05) is 25.2 Å².